The predicted octanol–water partition coefficient (Wildman–Crippen LogP) is 1.84. The van der Waals surface area contributed by atoms with Crippen LogP contribution in [0.4, 0.5) is 4.39 Å². The highest BCUT2D eigenvalue weighted by molar-refractivity contribution is 5.99. The van der Waals surface area contributed by atoms with Gasteiger partial charge in [-0.05, 0) is 18.7 Å². The highest BCUT2D eigenvalue weighted by atomic mass is 19.1. The molecule has 0 fully saturated rings. The molecule has 0 radical (unpaired) electrons. The van der Waals surface area contributed by atoms with Crippen molar-refractivity contribution in [3.63, 3.8) is 0 Å². The summed E-state index contributed by atoms with van der Waals surface area (Å²) in [5, 5.41) is 0.761. The summed E-state index contributed by atoms with van der Waals surface area (Å²) in [5.41, 5.74) is 5.74. The lowest BCUT2D eigenvalue weighted by Gasteiger charge is -2.02. The summed E-state index contributed by atoms with van der Waals surface area (Å²) in [6.07, 6.45) is 1.81. The van der Waals surface area contributed by atoms with Crippen LogP contribution in [0.25, 0.3) is 10.9 Å². The smallest absolute Gasteiger partial charge is 0.167 e. The third-order valence-electron chi connectivity index (χ3n) is 2.34. The predicted molar refractivity (Wildman–Crippen MR) is 56.3 cm³/mol. The molecule has 0 amide bonds. The first-order chi connectivity index (χ1) is 7.24. The normalized spacial score (nSPS) is 10.8. The Bertz CT molecular complexity index is 504. The van der Waals surface area contributed by atoms with Crippen molar-refractivity contribution in [3.8, 4) is 0 Å². The zero-order chi connectivity index (χ0) is 10.8. The number of hydrogen-bond donors (Lipinski definition) is 2. The molecular formula is C11H11FN2O. The number of nitrogens with two attached hydrogens (primary N) is 1. The first-order valence-electron chi connectivity index (χ1n) is 4.73. The van der Waals surface area contributed by atoms with Crippen molar-refractivity contribution in [2.45, 2.75) is 6.42 Å². The van der Waals surface area contributed by atoms with E-state index >= 15 is 0 Å². The number of halogens is 1. The van der Waals surface area contributed by atoms with E-state index in [4.69, 9.17) is 5.73 Å². The van der Waals surface area contributed by atoms with Gasteiger partial charge in [-0.3, -0.25) is 4.79 Å². The Hall–Kier alpha value is -1.68. The zero-order valence-electron chi connectivity index (χ0n) is 8.09. The minimum absolute atomic E-state index is 0.107. The molecule has 0 unspecified atom stereocenters. The number of ketones is 1. The molecule has 0 spiro atoms. The van der Waals surface area contributed by atoms with Crippen molar-refractivity contribution >= 4 is 16.7 Å². The van der Waals surface area contributed by atoms with Crippen LogP contribution in [0, 0.1) is 5.82 Å². The minimum Gasteiger partial charge on any atom is -0.359 e. The molecular weight excluding hydrogens is 195 g/mol. The van der Waals surface area contributed by atoms with Crippen molar-refractivity contribution in [1.82, 2.24) is 4.98 Å². The van der Waals surface area contributed by atoms with Crippen molar-refractivity contribution in [2.75, 3.05) is 6.54 Å². The Kier molecular flexibility index (Phi) is 2.51. The van der Waals surface area contributed by atoms with E-state index in [0.29, 0.717) is 5.52 Å². The van der Waals surface area contributed by atoms with E-state index in [1.54, 1.807) is 18.3 Å². The number of hydrogen-bond acceptors (Lipinski definition) is 2. The quantitative estimate of drug-likeness (QED) is 0.753. The van der Waals surface area contributed by atoms with Crippen LogP contribution >= 0.6 is 0 Å². The molecule has 0 saturated carbocycles. The van der Waals surface area contributed by atoms with Gasteiger partial charge in [0.25, 0.3) is 0 Å². The Morgan fingerprint density at radius 1 is 1.40 bits per heavy atom. The largest absolute Gasteiger partial charge is 0.359 e. The second-order valence-electron chi connectivity index (χ2n) is 3.33. The first kappa shape index (κ1) is 9.86. The number of H-pyrrole nitrogens is 1. The molecule has 0 aliphatic rings. The molecule has 78 valence electrons. The lowest BCUT2D eigenvalue weighted by molar-refractivity contribution is 0.0982. The summed E-state index contributed by atoms with van der Waals surface area (Å²) in [5.74, 6) is -0.748. The summed E-state index contributed by atoms with van der Waals surface area (Å²) < 4.78 is 13.8. The number of benzene rings is 1. The lowest BCUT2D eigenvalue weighted by Crippen LogP contribution is -2.09. The number of Topliss-reactive ketones (excluding diaryl/α,β-unsaturated/α-hetero) is 1. The monoisotopic (exact) mass is 206 g/mol. The maximum absolute atomic E-state index is 13.8. The average molecular weight is 206 g/mol. The fraction of sp³-hybridized carbons (Fsp3) is 0.182. The Balaban J connectivity index is 2.52. The van der Waals surface area contributed by atoms with Gasteiger partial charge in [0.1, 0.15) is 0 Å². The Labute approximate surface area is 86.1 Å². The second kappa shape index (κ2) is 3.82. The molecule has 0 atom stereocenters. The number of nitrogens with one attached hydrogen (secondary N) is 1. The molecule has 2 aromatic rings. The van der Waals surface area contributed by atoms with Crippen molar-refractivity contribution in [1.29, 1.82) is 0 Å². The van der Waals surface area contributed by atoms with E-state index in [1.165, 1.54) is 6.07 Å². The summed E-state index contributed by atoms with van der Waals surface area (Å²) in [4.78, 5) is 14.3. The van der Waals surface area contributed by atoms with E-state index in [-0.39, 0.29) is 24.3 Å². The highest BCUT2D eigenvalue weighted by Crippen LogP contribution is 2.20. The molecule has 1 aromatic carbocycles. The van der Waals surface area contributed by atoms with Gasteiger partial charge in [0.15, 0.2) is 11.6 Å². The van der Waals surface area contributed by atoms with Gasteiger partial charge in [-0.1, -0.05) is 6.07 Å². The van der Waals surface area contributed by atoms with Gasteiger partial charge in [-0.15, -0.1) is 0 Å². The van der Waals surface area contributed by atoms with Crippen LogP contribution < -0.4 is 5.73 Å². The Morgan fingerprint density at radius 2 is 2.20 bits per heavy atom. The molecule has 1 aromatic heterocycles. The van der Waals surface area contributed by atoms with Gasteiger partial charge in [-0.2, -0.15) is 0 Å². The van der Waals surface area contributed by atoms with Crippen LogP contribution in [-0.4, -0.2) is 17.3 Å². The molecule has 0 bridgehead atoms. The third-order valence-corrected chi connectivity index (χ3v) is 2.34. The number of aromatic nitrogens is 1. The fourth-order valence-corrected chi connectivity index (χ4v) is 1.57. The maximum atomic E-state index is 13.8. The molecule has 1 heterocycles. The van der Waals surface area contributed by atoms with Crippen LogP contribution in [0.1, 0.15) is 16.8 Å². The van der Waals surface area contributed by atoms with Gasteiger partial charge in [0.2, 0.25) is 0 Å². The molecule has 3 nitrogen and oxygen atoms in total. The second-order valence-corrected chi connectivity index (χ2v) is 3.33. The standard InChI is InChI=1S/C11H11FN2O/c12-10-8(9(15)3-5-13)2-1-7-4-6-14-11(7)10/h1-2,4,6,14H,3,5,13H2. The van der Waals surface area contributed by atoms with Crippen molar-refractivity contribution in [3.05, 3.63) is 35.8 Å². The van der Waals surface area contributed by atoms with E-state index in [1.807, 2.05) is 0 Å². The molecule has 0 aliphatic carbocycles. The van der Waals surface area contributed by atoms with Crippen molar-refractivity contribution < 1.29 is 9.18 Å². The van der Waals surface area contributed by atoms with Crippen LogP contribution in [0.2, 0.25) is 0 Å². The third kappa shape index (κ3) is 1.64. The Morgan fingerprint density at radius 3 is 2.93 bits per heavy atom. The van der Waals surface area contributed by atoms with E-state index in [0.717, 1.165) is 5.39 Å². The van der Waals surface area contributed by atoms with Crippen molar-refractivity contribution in [2.24, 2.45) is 5.73 Å². The fourth-order valence-electron chi connectivity index (χ4n) is 1.57. The van der Waals surface area contributed by atoms with Crippen LogP contribution in [0.5, 0.6) is 0 Å². The maximum Gasteiger partial charge on any atom is 0.167 e. The van der Waals surface area contributed by atoms with Gasteiger partial charge >= 0.3 is 0 Å². The molecule has 2 rings (SSSR count). The van der Waals surface area contributed by atoms with E-state index in [9.17, 15) is 9.18 Å². The van der Waals surface area contributed by atoms with Crippen LogP contribution in [0.3, 0.4) is 0 Å². The number of aromatic amines is 1. The van der Waals surface area contributed by atoms with Crippen LogP contribution in [0.15, 0.2) is 24.4 Å². The van der Waals surface area contributed by atoms with E-state index < -0.39 is 5.82 Å². The number of carbonyl (C=O) groups excluding carboxylic acids is 1. The molecule has 4 heteroatoms. The minimum atomic E-state index is -0.490. The molecule has 0 aliphatic heterocycles. The molecule has 3 N–H and O–H groups in total. The summed E-state index contributed by atoms with van der Waals surface area (Å²) in [7, 11) is 0. The summed E-state index contributed by atoms with van der Waals surface area (Å²) >= 11 is 0. The zero-order valence-corrected chi connectivity index (χ0v) is 8.09. The van der Waals surface area contributed by atoms with Gasteiger partial charge in [0, 0.05) is 18.0 Å². The summed E-state index contributed by atoms with van der Waals surface area (Å²) in [6, 6.07) is 4.98. The first-order valence-corrected chi connectivity index (χ1v) is 4.73. The number of rotatable bonds is 3. The van der Waals surface area contributed by atoms with Crippen LogP contribution in [-0.2, 0) is 0 Å². The SMILES string of the molecule is NCCC(=O)c1ccc2cc[nH]c2c1F. The van der Waals surface area contributed by atoms with E-state index in [2.05, 4.69) is 4.98 Å². The topological polar surface area (TPSA) is 58.9 Å². The lowest BCUT2D eigenvalue weighted by atomic mass is 10.1. The van der Waals surface area contributed by atoms with Gasteiger partial charge in [-0.25, -0.2) is 4.39 Å². The molecule has 15 heavy (non-hydrogen) atoms. The highest BCUT2D eigenvalue weighted by Gasteiger charge is 2.13. The van der Waals surface area contributed by atoms with Gasteiger partial charge < -0.3 is 10.7 Å². The molecule has 0 saturated heterocycles. The number of carbonyl (C=O) groups is 1. The number of fused-ring (bicyclic) bond motifs is 1. The average Bonchev–Trinajstić information content (AvgIpc) is 2.67. The summed E-state index contributed by atoms with van der Waals surface area (Å²) in [6.45, 7) is 0.237. The van der Waals surface area contributed by atoms with Gasteiger partial charge in [0.05, 0.1) is 11.1 Å².